The number of carbonyl (C=O) groups excluding carboxylic acids is 1. The van der Waals surface area contributed by atoms with E-state index in [-0.39, 0.29) is 11.8 Å². The number of allylic oxidation sites excluding steroid dienone is 1. The Balaban J connectivity index is 2.14. The van der Waals surface area contributed by atoms with Crippen LogP contribution in [0.1, 0.15) is 6.42 Å². The number of fused-ring (bicyclic) bond motifs is 1. The average molecular weight is 196 g/mol. The Morgan fingerprint density at radius 1 is 1.77 bits per heavy atom. The molecule has 1 fully saturated rings. The van der Waals surface area contributed by atoms with Gasteiger partial charge in [-0.15, -0.1) is 11.8 Å². The third-order valence-corrected chi connectivity index (χ3v) is 3.80. The number of hydrogen-bond acceptors (Lipinski definition) is 3. The molecular formula is C9H12N2OS. The van der Waals surface area contributed by atoms with E-state index >= 15 is 0 Å². The molecule has 0 aliphatic carbocycles. The number of thioether (sulfide) groups is 1. The first-order valence-electron chi connectivity index (χ1n) is 4.39. The van der Waals surface area contributed by atoms with E-state index in [1.165, 1.54) is 4.91 Å². The first kappa shape index (κ1) is 8.81. The average Bonchev–Trinajstić information content (AvgIpc) is 2.60. The van der Waals surface area contributed by atoms with E-state index in [0.717, 1.165) is 12.2 Å². The highest BCUT2D eigenvalue weighted by Crippen LogP contribution is 2.43. The first-order chi connectivity index (χ1) is 6.33. The van der Waals surface area contributed by atoms with Crippen molar-refractivity contribution in [2.45, 2.75) is 6.42 Å². The van der Waals surface area contributed by atoms with Gasteiger partial charge in [0.15, 0.2) is 0 Å². The van der Waals surface area contributed by atoms with Crippen molar-refractivity contribution < 1.29 is 4.79 Å². The lowest BCUT2D eigenvalue weighted by atomic mass is 9.90. The van der Waals surface area contributed by atoms with Crippen molar-refractivity contribution in [1.82, 2.24) is 5.32 Å². The fourth-order valence-corrected chi connectivity index (χ4v) is 3.13. The third-order valence-electron chi connectivity index (χ3n) is 2.53. The van der Waals surface area contributed by atoms with Crippen molar-refractivity contribution in [2.75, 3.05) is 12.8 Å². The van der Waals surface area contributed by atoms with Crippen LogP contribution in [0.15, 0.2) is 16.1 Å². The minimum absolute atomic E-state index is 0.146. The molecule has 0 spiro atoms. The Bertz CT molecular complexity index is 285. The zero-order valence-corrected chi connectivity index (χ0v) is 8.30. The molecule has 1 saturated heterocycles. The zero-order valence-electron chi connectivity index (χ0n) is 7.49. The Morgan fingerprint density at radius 2 is 2.62 bits per heavy atom. The molecule has 0 aromatic heterocycles. The predicted octanol–water partition coefficient (Wildman–Crippen LogP) is 1.03. The van der Waals surface area contributed by atoms with E-state index in [0.29, 0.717) is 5.92 Å². The molecule has 2 aliphatic rings. The normalized spacial score (nSPS) is 31.0. The predicted molar refractivity (Wildman–Crippen MR) is 54.7 cm³/mol. The van der Waals surface area contributed by atoms with Gasteiger partial charge in [0.1, 0.15) is 0 Å². The minimum Gasteiger partial charge on any atom is -0.359 e. The van der Waals surface area contributed by atoms with E-state index in [1.807, 2.05) is 12.4 Å². The van der Waals surface area contributed by atoms with Gasteiger partial charge in [0, 0.05) is 36.0 Å². The molecule has 70 valence electrons. The van der Waals surface area contributed by atoms with Gasteiger partial charge in [-0.25, -0.2) is 0 Å². The van der Waals surface area contributed by atoms with Crippen molar-refractivity contribution in [3.8, 4) is 0 Å². The monoisotopic (exact) mass is 196 g/mol. The lowest BCUT2D eigenvalue weighted by Crippen LogP contribution is -2.32. The summed E-state index contributed by atoms with van der Waals surface area (Å²) >= 11 is 1.76. The van der Waals surface area contributed by atoms with E-state index in [4.69, 9.17) is 0 Å². The standard InChI is InChI=1S/C9H12N2OS/c1-10-9(12)7-5-13-8-4-11-3-2-6(7)8/h3-4,6-7H,2,5H2,1H3,(H,10,12). The van der Waals surface area contributed by atoms with E-state index < -0.39 is 0 Å². The lowest BCUT2D eigenvalue weighted by molar-refractivity contribution is -0.124. The van der Waals surface area contributed by atoms with Gasteiger partial charge in [0.2, 0.25) is 5.91 Å². The summed E-state index contributed by atoms with van der Waals surface area (Å²) in [6.07, 6.45) is 4.70. The Kier molecular flexibility index (Phi) is 2.40. The van der Waals surface area contributed by atoms with Gasteiger partial charge < -0.3 is 5.32 Å². The van der Waals surface area contributed by atoms with Gasteiger partial charge in [0.25, 0.3) is 0 Å². The van der Waals surface area contributed by atoms with E-state index in [9.17, 15) is 4.79 Å². The summed E-state index contributed by atoms with van der Waals surface area (Å²) in [5, 5.41) is 2.72. The van der Waals surface area contributed by atoms with Crippen molar-refractivity contribution in [1.29, 1.82) is 0 Å². The second-order valence-corrected chi connectivity index (χ2v) is 4.33. The molecule has 2 atom stereocenters. The van der Waals surface area contributed by atoms with Crippen molar-refractivity contribution >= 4 is 23.9 Å². The minimum atomic E-state index is 0.146. The molecule has 0 aromatic carbocycles. The molecule has 2 unspecified atom stereocenters. The quantitative estimate of drug-likeness (QED) is 0.680. The van der Waals surface area contributed by atoms with Gasteiger partial charge >= 0.3 is 0 Å². The first-order valence-corrected chi connectivity index (χ1v) is 5.37. The zero-order chi connectivity index (χ0) is 9.26. The number of aliphatic imine (C=N–C) groups is 1. The van der Waals surface area contributed by atoms with Gasteiger partial charge in [-0.2, -0.15) is 0 Å². The van der Waals surface area contributed by atoms with Crippen LogP contribution in [0.3, 0.4) is 0 Å². The maximum atomic E-state index is 11.5. The van der Waals surface area contributed by atoms with Crippen molar-refractivity contribution in [3.63, 3.8) is 0 Å². The van der Waals surface area contributed by atoms with Crippen molar-refractivity contribution in [2.24, 2.45) is 16.8 Å². The molecule has 2 rings (SSSR count). The van der Waals surface area contributed by atoms with Crippen LogP contribution < -0.4 is 5.32 Å². The summed E-state index contributed by atoms with van der Waals surface area (Å²) in [6, 6.07) is 0. The fraction of sp³-hybridized carbons (Fsp3) is 0.556. The number of amides is 1. The number of hydrogen-bond donors (Lipinski definition) is 1. The number of rotatable bonds is 1. The Hall–Kier alpha value is -0.770. The molecule has 3 nitrogen and oxygen atoms in total. The molecule has 4 heteroatoms. The molecule has 2 heterocycles. The summed E-state index contributed by atoms with van der Waals surface area (Å²) in [4.78, 5) is 16.8. The molecule has 1 amide bonds. The highest BCUT2D eigenvalue weighted by molar-refractivity contribution is 8.03. The second kappa shape index (κ2) is 3.54. The lowest BCUT2D eigenvalue weighted by Gasteiger charge is -2.17. The fourth-order valence-electron chi connectivity index (χ4n) is 1.77. The smallest absolute Gasteiger partial charge is 0.224 e. The van der Waals surface area contributed by atoms with Crippen LogP contribution in [0.4, 0.5) is 0 Å². The highest BCUT2D eigenvalue weighted by Gasteiger charge is 2.36. The number of nitrogens with one attached hydrogen (secondary N) is 1. The number of nitrogens with zero attached hydrogens (tertiary/aromatic N) is 1. The van der Waals surface area contributed by atoms with Crippen LogP contribution in [0.25, 0.3) is 0 Å². The van der Waals surface area contributed by atoms with Gasteiger partial charge in [-0.1, -0.05) is 0 Å². The summed E-state index contributed by atoms with van der Waals surface area (Å²) in [5.41, 5.74) is 0. The molecule has 0 bridgehead atoms. The molecule has 2 aliphatic heterocycles. The van der Waals surface area contributed by atoms with Gasteiger partial charge in [-0.05, 0) is 6.42 Å². The maximum absolute atomic E-state index is 11.5. The Labute approximate surface area is 81.7 Å². The summed E-state index contributed by atoms with van der Waals surface area (Å²) in [6.45, 7) is 0. The van der Waals surface area contributed by atoms with Gasteiger partial charge in [-0.3, -0.25) is 9.79 Å². The molecule has 1 N–H and O–H groups in total. The van der Waals surface area contributed by atoms with Crippen LogP contribution in [-0.2, 0) is 4.79 Å². The second-order valence-electron chi connectivity index (χ2n) is 3.24. The number of carbonyl (C=O) groups is 1. The van der Waals surface area contributed by atoms with Crippen molar-refractivity contribution in [3.05, 3.63) is 11.1 Å². The third kappa shape index (κ3) is 1.50. The van der Waals surface area contributed by atoms with Crippen LogP contribution in [-0.4, -0.2) is 24.9 Å². The highest BCUT2D eigenvalue weighted by atomic mass is 32.2. The van der Waals surface area contributed by atoms with Crippen LogP contribution in [0.2, 0.25) is 0 Å². The Morgan fingerprint density at radius 3 is 3.38 bits per heavy atom. The molecule has 13 heavy (non-hydrogen) atoms. The molecule has 0 aromatic rings. The van der Waals surface area contributed by atoms with Gasteiger partial charge in [0.05, 0.1) is 5.92 Å². The van der Waals surface area contributed by atoms with Crippen LogP contribution in [0.5, 0.6) is 0 Å². The van der Waals surface area contributed by atoms with Crippen LogP contribution in [0, 0.1) is 11.8 Å². The maximum Gasteiger partial charge on any atom is 0.224 e. The molecule has 0 saturated carbocycles. The summed E-state index contributed by atoms with van der Waals surface area (Å²) < 4.78 is 0. The SMILES string of the molecule is CNC(=O)C1CSC2=CN=CCC21. The largest absolute Gasteiger partial charge is 0.359 e. The summed E-state index contributed by atoms with van der Waals surface area (Å²) in [7, 11) is 1.70. The van der Waals surface area contributed by atoms with E-state index in [2.05, 4.69) is 10.3 Å². The summed E-state index contributed by atoms with van der Waals surface area (Å²) in [5.74, 6) is 1.60. The molecule has 0 radical (unpaired) electrons. The molecular weight excluding hydrogens is 184 g/mol. The van der Waals surface area contributed by atoms with E-state index in [1.54, 1.807) is 18.8 Å². The topological polar surface area (TPSA) is 41.5 Å². The van der Waals surface area contributed by atoms with Crippen LogP contribution >= 0.6 is 11.8 Å².